The fraction of sp³-hybridized carbons (Fsp3) is 0.364. The molecule has 0 bridgehead atoms. The number of benzene rings is 1. The van der Waals surface area contributed by atoms with E-state index in [1.54, 1.807) is 12.1 Å². The largest absolute Gasteiger partial charge is 0.399 e. The molecule has 1 fully saturated rings. The highest BCUT2D eigenvalue weighted by atomic mass is 19.1. The topological polar surface area (TPSA) is 49.6 Å². The first-order valence-electron chi connectivity index (χ1n) is 5.12. The summed E-state index contributed by atoms with van der Waals surface area (Å²) < 4.78 is 13.6. The molecule has 1 aromatic carbocycles. The summed E-state index contributed by atoms with van der Waals surface area (Å²) >= 11 is 0. The van der Waals surface area contributed by atoms with Crippen molar-refractivity contribution < 1.29 is 9.18 Å². The molecule has 1 aliphatic rings. The molecule has 1 aromatic rings. The number of carbonyl (C=O) groups is 1. The van der Waals surface area contributed by atoms with E-state index in [0.717, 1.165) is 6.54 Å². The van der Waals surface area contributed by atoms with Gasteiger partial charge in [0.2, 0.25) is 5.91 Å². The minimum atomic E-state index is -0.446. The number of amides is 1. The number of nitrogens with zero attached hydrogens (tertiary/aromatic N) is 2. The molecule has 1 saturated heterocycles. The van der Waals surface area contributed by atoms with E-state index in [1.807, 2.05) is 11.9 Å². The maximum absolute atomic E-state index is 13.6. The molecule has 1 heterocycles. The lowest BCUT2D eigenvalue weighted by atomic mass is 10.2. The van der Waals surface area contributed by atoms with Gasteiger partial charge in [-0.05, 0) is 25.2 Å². The average molecular weight is 223 g/mol. The first-order valence-corrected chi connectivity index (χ1v) is 5.12. The SMILES string of the molecule is CN1CCN(c2ccc(N)cc2F)C(=O)C1. The van der Waals surface area contributed by atoms with Gasteiger partial charge in [-0.15, -0.1) is 0 Å². The van der Waals surface area contributed by atoms with E-state index in [1.165, 1.54) is 11.0 Å². The minimum Gasteiger partial charge on any atom is -0.399 e. The number of rotatable bonds is 1. The summed E-state index contributed by atoms with van der Waals surface area (Å²) in [6, 6.07) is 4.39. The molecule has 5 heteroatoms. The summed E-state index contributed by atoms with van der Waals surface area (Å²) in [6.45, 7) is 1.58. The summed E-state index contributed by atoms with van der Waals surface area (Å²) in [5, 5.41) is 0. The predicted molar refractivity (Wildman–Crippen MR) is 60.7 cm³/mol. The first-order chi connectivity index (χ1) is 7.58. The van der Waals surface area contributed by atoms with Gasteiger partial charge < -0.3 is 10.6 Å². The van der Waals surface area contributed by atoms with Crippen molar-refractivity contribution in [1.82, 2.24) is 4.90 Å². The van der Waals surface area contributed by atoms with Gasteiger partial charge in [0, 0.05) is 18.8 Å². The third kappa shape index (κ3) is 1.99. The molecular formula is C11H14FN3O. The van der Waals surface area contributed by atoms with Crippen molar-refractivity contribution in [2.75, 3.05) is 37.3 Å². The van der Waals surface area contributed by atoms with Crippen LogP contribution < -0.4 is 10.6 Å². The molecule has 86 valence electrons. The van der Waals surface area contributed by atoms with Gasteiger partial charge in [0.05, 0.1) is 12.2 Å². The van der Waals surface area contributed by atoms with Crippen LogP contribution in [0.2, 0.25) is 0 Å². The molecule has 0 radical (unpaired) electrons. The summed E-state index contributed by atoms with van der Waals surface area (Å²) in [5.41, 5.74) is 6.14. The summed E-state index contributed by atoms with van der Waals surface area (Å²) in [5.74, 6) is -0.532. The van der Waals surface area contributed by atoms with Gasteiger partial charge in [0.1, 0.15) is 5.82 Å². The monoisotopic (exact) mass is 223 g/mol. The Morgan fingerprint density at radius 3 is 2.75 bits per heavy atom. The van der Waals surface area contributed by atoms with Crippen LogP contribution in [0.3, 0.4) is 0 Å². The highest BCUT2D eigenvalue weighted by molar-refractivity contribution is 5.95. The summed E-state index contributed by atoms with van der Waals surface area (Å²) in [7, 11) is 1.87. The first kappa shape index (κ1) is 10.9. The number of anilines is 2. The second kappa shape index (κ2) is 4.09. The Labute approximate surface area is 93.4 Å². The third-order valence-corrected chi connectivity index (χ3v) is 2.67. The Hall–Kier alpha value is -1.62. The van der Waals surface area contributed by atoms with Gasteiger partial charge in [-0.3, -0.25) is 9.69 Å². The molecule has 0 unspecified atom stereocenters. The highest BCUT2D eigenvalue weighted by Crippen LogP contribution is 2.22. The molecule has 0 spiro atoms. The van der Waals surface area contributed by atoms with Gasteiger partial charge in [-0.2, -0.15) is 0 Å². The van der Waals surface area contributed by atoms with Crippen molar-refractivity contribution >= 4 is 17.3 Å². The van der Waals surface area contributed by atoms with Crippen LogP contribution in [0.25, 0.3) is 0 Å². The maximum Gasteiger partial charge on any atom is 0.241 e. The van der Waals surface area contributed by atoms with Gasteiger partial charge in [0.25, 0.3) is 0 Å². The van der Waals surface area contributed by atoms with Gasteiger partial charge in [-0.1, -0.05) is 0 Å². The lowest BCUT2D eigenvalue weighted by molar-refractivity contribution is -0.120. The standard InChI is InChI=1S/C11H14FN3O/c1-14-4-5-15(11(16)7-14)10-3-2-8(13)6-9(10)12/h2-3,6H,4-5,7,13H2,1H3. The third-order valence-electron chi connectivity index (χ3n) is 2.67. The molecule has 0 aromatic heterocycles. The van der Waals surface area contributed by atoms with Crippen LogP contribution in [-0.2, 0) is 4.79 Å². The minimum absolute atomic E-state index is 0.0857. The van der Waals surface area contributed by atoms with E-state index in [4.69, 9.17) is 5.73 Å². The Morgan fingerprint density at radius 1 is 1.38 bits per heavy atom. The number of nitrogen functional groups attached to an aromatic ring is 1. The number of carbonyl (C=O) groups excluding carboxylic acids is 1. The number of nitrogens with two attached hydrogens (primary N) is 1. The van der Waals surface area contributed by atoms with Gasteiger partial charge in [0.15, 0.2) is 0 Å². The average Bonchev–Trinajstić information content (AvgIpc) is 2.19. The van der Waals surface area contributed by atoms with Crippen molar-refractivity contribution in [1.29, 1.82) is 0 Å². The zero-order valence-electron chi connectivity index (χ0n) is 9.11. The number of hydrogen-bond donors (Lipinski definition) is 1. The van der Waals surface area contributed by atoms with Crippen LogP contribution in [0.5, 0.6) is 0 Å². The smallest absolute Gasteiger partial charge is 0.241 e. The fourth-order valence-electron chi connectivity index (χ4n) is 1.79. The van der Waals surface area contributed by atoms with Crippen LogP contribution in [0.4, 0.5) is 15.8 Å². The molecular weight excluding hydrogens is 209 g/mol. The van der Waals surface area contributed by atoms with Crippen molar-refractivity contribution in [2.45, 2.75) is 0 Å². The number of piperazine rings is 1. The predicted octanol–water partition coefficient (Wildman–Crippen LogP) is 0.686. The fourth-order valence-corrected chi connectivity index (χ4v) is 1.79. The number of likely N-dealkylation sites (N-methyl/N-ethyl adjacent to an activating group) is 1. The Bertz CT molecular complexity index is 422. The van der Waals surface area contributed by atoms with Crippen molar-refractivity contribution in [2.24, 2.45) is 0 Å². The van der Waals surface area contributed by atoms with Gasteiger partial charge >= 0.3 is 0 Å². The van der Waals surface area contributed by atoms with Crippen LogP contribution >= 0.6 is 0 Å². The van der Waals surface area contributed by atoms with Crippen molar-refractivity contribution in [3.63, 3.8) is 0 Å². The van der Waals surface area contributed by atoms with E-state index in [0.29, 0.717) is 24.5 Å². The zero-order valence-corrected chi connectivity index (χ0v) is 9.11. The van der Waals surface area contributed by atoms with E-state index >= 15 is 0 Å². The lowest BCUT2D eigenvalue weighted by Gasteiger charge is -2.32. The van der Waals surface area contributed by atoms with Crippen molar-refractivity contribution in [3.05, 3.63) is 24.0 Å². The molecule has 16 heavy (non-hydrogen) atoms. The zero-order chi connectivity index (χ0) is 11.7. The molecule has 0 atom stereocenters. The Balaban J connectivity index is 2.27. The Morgan fingerprint density at radius 2 is 2.12 bits per heavy atom. The second-order valence-electron chi connectivity index (χ2n) is 3.99. The molecule has 2 rings (SSSR count). The molecule has 1 amide bonds. The molecule has 4 nitrogen and oxygen atoms in total. The second-order valence-corrected chi connectivity index (χ2v) is 3.99. The number of halogens is 1. The molecule has 2 N–H and O–H groups in total. The molecule has 0 aliphatic carbocycles. The summed E-state index contributed by atoms with van der Waals surface area (Å²) in [6.07, 6.45) is 0. The van der Waals surface area contributed by atoms with E-state index < -0.39 is 5.82 Å². The van der Waals surface area contributed by atoms with Crippen LogP contribution in [0, 0.1) is 5.82 Å². The normalized spacial score (nSPS) is 17.9. The number of hydrogen-bond acceptors (Lipinski definition) is 3. The highest BCUT2D eigenvalue weighted by Gasteiger charge is 2.24. The lowest BCUT2D eigenvalue weighted by Crippen LogP contribution is -2.49. The Kier molecular flexibility index (Phi) is 2.78. The maximum atomic E-state index is 13.6. The van der Waals surface area contributed by atoms with Gasteiger partial charge in [-0.25, -0.2) is 4.39 Å². The van der Waals surface area contributed by atoms with Crippen LogP contribution in [0.1, 0.15) is 0 Å². The van der Waals surface area contributed by atoms with E-state index in [2.05, 4.69) is 0 Å². The van der Waals surface area contributed by atoms with Crippen LogP contribution in [-0.4, -0.2) is 37.5 Å². The summed E-state index contributed by atoms with van der Waals surface area (Å²) in [4.78, 5) is 15.1. The van der Waals surface area contributed by atoms with Crippen LogP contribution in [0.15, 0.2) is 18.2 Å². The molecule has 1 aliphatic heterocycles. The molecule has 0 saturated carbocycles. The van der Waals surface area contributed by atoms with E-state index in [9.17, 15) is 9.18 Å². The van der Waals surface area contributed by atoms with E-state index in [-0.39, 0.29) is 5.91 Å². The quantitative estimate of drug-likeness (QED) is 0.712. The van der Waals surface area contributed by atoms with Crippen molar-refractivity contribution in [3.8, 4) is 0 Å².